The van der Waals surface area contributed by atoms with Crippen LogP contribution in [0.25, 0.3) is 0 Å². The van der Waals surface area contributed by atoms with Crippen LogP contribution in [0.5, 0.6) is 0 Å². The molecule has 0 saturated carbocycles. The quantitative estimate of drug-likeness (QED) is 0.704. The highest BCUT2D eigenvalue weighted by atomic mass is 35.5. The summed E-state index contributed by atoms with van der Waals surface area (Å²) in [5, 5.41) is -0.995. The molecule has 1 atom stereocenters. The Kier molecular flexibility index (Phi) is 2.60. The van der Waals surface area contributed by atoms with Crippen LogP contribution in [0.4, 0.5) is 4.39 Å². The molecule has 0 aliphatic rings. The zero-order valence-corrected chi connectivity index (χ0v) is 6.75. The third kappa shape index (κ3) is 1.92. The first-order valence-corrected chi connectivity index (χ1v) is 3.59. The van der Waals surface area contributed by atoms with Gasteiger partial charge in [0.25, 0.3) is 0 Å². The number of nitrogens with two attached hydrogens (primary N) is 1. The molecule has 0 aliphatic carbocycles. The molecule has 1 amide bonds. The number of hydrogen-bond donors (Lipinski definition) is 1. The largest absolute Gasteiger partial charge is 0.368 e. The van der Waals surface area contributed by atoms with Crippen molar-refractivity contribution in [3.63, 3.8) is 0 Å². The van der Waals surface area contributed by atoms with Gasteiger partial charge in [0.2, 0.25) is 5.91 Å². The Morgan fingerprint density at radius 1 is 1.67 bits per heavy atom. The summed E-state index contributed by atoms with van der Waals surface area (Å²) in [6.07, 6.45) is 0.980. The van der Waals surface area contributed by atoms with E-state index >= 15 is 0 Å². The smallest absolute Gasteiger partial charge is 0.241 e. The van der Waals surface area contributed by atoms with E-state index in [-0.39, 0.29) is 5.69 Å². The Balaban J connectivity index is 2.89. The first-order chi connectivity index (χ1) is 5.61. The number of primary amides is 1. The Hall–Kier alpha value is -1.16. The molecule has 1 rings (SSSR count). The van der Waals surface area contributed by atoms with Crippen LogP contribution in [0.2, 0.25) is 0 Å². The molecule has 1 heterocycles. The molecule has 3 nitrogen and oxygen atoms in total. The second-order valence-electron chi connectivity index (χ2n) is 2.17. The number of nitrogens with zero attached hydrogens (tertiary/aromatic N) is 1. The number of alkyl halides is 1. The average molecular weight is 189 g/mol. The second kappa shape index (κ2) is 3.49. The zero-order chi connectivity index (χ0) is 9.14. The summed E-state index contributed by atoms with van der Waals surface area (Å²) in [6, 6.07) is 2.48. The summed E-state index contributed by atoms with van der Waals surface area (Å²) in [5.74, 6) is -1.18. The molecule has 64 valence electrons. The number of aromatic nitrogens is 1. The van der Waals surface area contributed by atoms with Gasteiger partial charge in [0.15, 0.2) is 5.38 Å². The maximum absolute atomic E-state index is 12.3. The molecular weight excluding hydrogens is 183 g/mol. The van der Waals surface area contributed by atoms with Crippen LogP contribution >= 0.6 is 11.6 Å². The first kappa shape index (κ1) is 8.93. The summed E-state index contributed by atoms with van der Waals surface area (Å²) in [4.78, 5) is 14.1. The standard InChI is InChI=1S/C7H6ClFN2O/c8-6(7(10)12)5-2-1-4(9)3-11-5/h1-3,6H,(H2,10,12). The molecule has 12 heavy (non-hydrogen) atoms. The van der Waals surface area contributed by atoms with Gasteiger partial charge in [-0.3, -0.25) is 9.78 Å². The average Bonchev–Trinajstić information content (AvgIpc) is 2.04. The van der Waals surface area contributed by atoms with Crippen molar-refractivity contribution in [1.29, 1.82) is 0 Å². The van der Waals surface area contributed by atoms with Crippen molar-refractivity contribution in [1.82, 2.24) is 4.98 Å². The highest BCUT2D eigenvalue weighted by Crippen LogP contribution is 2.16. The van der Waals surface area contributed by atoms with Crippen molar-refractivity contribution in [3.8, 4) is 0 Å². The van der Waals surface area contributed by atoms with Crippen LogP contribution in [-0.4, -0.2) is 10.9 Å². The predicted molar refractivity (Wildman–Crippen MR) is 42.0 cm³/mol. The van der Waals surface area contributed by atoms with E-state index in [9.17, 15) is 9.18 Å². The van der Waals surface area contributed by atoms with E-state index in [0.717, 1.165) is 6.20 Å². The lowest BCUT2D eigenvalue weighted by atomic mass is 10.2. The normalized spacial score (nSPS) is 12.5. The summed E-state index contributed by atoms with van der Waals surface area (Å²) in [5.41, 5.74) is 5.16. The summed E-state index contributed by atoms with van der Waals surface area (Å²) >= 11 is 5.53. The molecule has 0 radical (unpaired) electrons. The van der Waals surface area contributed by atoms with Gasteiger partial charge in [0, 0.05) is 0 Å². The van der Waals surface area contributed by atoms with Gasteiger partial charge >= 0.3 is 0 Å². The Labute approximate surface area is 73.4 Å². The van der Waals surface area contributed by atoms with E-state index in [4.69, 9.17) is 17.3 Å². The van der Waals surface area contributed by atoms with Crippen LogP contribution in [0.1, 0.15) is 11.1 Å². The van der Waals surface area contributed by atoms with Gasteiger partial charge in [-0.2, -0.15) is 0 Å². The summed E-state index contributed by atoms with van der Waals surface area (Å²) < 4.78 is 12.3. The van der Waals surface area contributed by atoms with Crippen LogP contribution < -0.4 is 5.73 Å². The van der Waals surface area contributed by atoms with Crippen molar-refractivity contribution in [2.24, 2.45) is 5.73 Å². The van der Waals surface area contributed by atoms with Crippen molar-refractivity contribution >= 4 is 17.5 Å². The van der Waals surface area contributed by atoms with E-state index in [2.05, 4.69) is 4.98 Å². The van der Waals surface area contributed by atoms with Crippen molar-refractivity contribution in [2.45, 2.75) is 5.38 Å². The first-order valence-electron chi connectivity index (χ1n) is 3.16. The minimum atomic E-state index is -0.995. The summed E-state index contributed by atoms with van der Waals surface area (Å²) in [6.45, 7) is 0. The van der Waals surface area contributed by atoms with Gasteiger partial charge in [-0.1, -0.05) is 0 Å². The third-order valence-corrected chi connectivity index (χ3v) is 1.70. The van der Waals surface area contributed by atoms with E-state index in [0.29, 0.717) is 0 Å². The topological polar surface area (TPSA) is 56.0 Å². The molecule has 1 aromatic heterocycles. The lowest BCUT2D eigenvalue weighted by Gasteiger charge is -2.02. The highest BCUT2D eigenvalue weighted by molar-refractivity contribution is 6.30. The maximum Gasteiger partial charge on any atom is 0.241 e. The minimum absolute atomic E-state index is 0.255. The van der Waals surface area contributed by atoms with Crippen molar-refractivity contribution < 1.29 is 9.18 Å². The van der Waals surface area contributed by atoms with Gasteiger partial charge in [-0.05, 0) is 12.1 Å². The Bertz CT molecular complexity index is 288. The second-order valence-corrected chi connectivity index (χ2v) is 2.60. The molecule has 2 N–H and O–H groups in total. The fraction of sp³-hybridized carbons (Fsp3) is 0.143. The SMILES string of the molecule is NC(=O)C(Cl)c1ccc(F)cn1. The van der Waals surface area contributed by atoms with E-state index in [1.807, 2.05) is 0 Å². The number of hydrogen-bond acceptors (Lipinski definition) is 2. The van der Waals surface area contributed by atoms with Crippen molar-refractivity contribution in [3.05, 3.63) is 29.8 Å². The van der Waals surface area contributed by atoms with Crippen LogP contribution in [0.3, 0.4) is 0 Å². The summed E-state index contributed by atoms with van der Waals surface area (Å²) in [7, 11) is 0. The molecule has 0 bridgehead atoms. The Morgan fingerprint density at radius 3 is 2.75 bits per heavy atom. The highest BCUT2D eigenvalue weighted by Gasteiger charge is 2.14. The zero-order valence-electron chi connectivity index (χ0n) is 6.00. The number of amides is 1. The van der Waals surface area contributed by atoms with E-state index in [1.54, 1.807) is 0 Å². The molecule has 0 fully saturated rings. The molecular formula is C7H6ClFN2O. The molecule has 0 aromatic carbocycles. The predicted octanol–water partition coefficient (Wildman–Crippen LogP) is 0.986. The van der Waals surface area contributed by atoms with Gasteiger partial charge in [0.05, 0.1) is 11.9 Å². The molecule has 5 heteroatoms. The van der Waals surface area contributed by atoms with Crippen LogP contribution in [-0.2, 0) is 4.79 Å². The third-order valence-electron chi connectivity index (χ3n) is 1.26. The van der Waals surface area contributed by atoms with Crippen LogP contribution in [0.15, 0.2) is 18.3 Å². The lowest BCUT2D eigenvalue weighted by molar-refractivity contribution is -0.117. The number of halogens is 2. The van der Waals surface area contributed by atoms with Gasteiger partial charge in [-0.15, -0.1) is 11.6 Å². The fourth-order valence-corrected chi connectivity index (χ4v) is 0.812. The van der Waals surface area contributed by atoms with Crippen LogP contribution in [0, 0.1) is 5.82 Å². The Morgan fingerprint density at radius 2 is 2.33 bits per heavy atom. The van der Waals surface area contributed by atoms with E-state index < -0.39 is 17.1 Å². The van der Waals surface area contributed by atoms with Crippen molar-refractivity contribution in [2.75, 3.05) is 0 Å². The molecule has 0 aliphatic heterocycles. The minimum Gasteiger partial charge on any atom is -0.368 e. The van der Waals surface area contributed by atoms with E-state index in [1.165, 1.54) is 12.1 Å². The molecule has 0 spiro atoms. The monoisotopic (exact) mass is 188 g/mol. The van der Waals surface area contributed by atoms with Gasteiger partial charge < -0.3 is 5.73 Å². The number of carbonyl (C=O) groups is 1. The fourth-order valence-electron chi connectivity index (χ4n) is 0.683. The molecule has 1 aromatic rings. The van der Waals surface area contributed by atoms with Gasteiger partial charge in [0.1, 0.15) is 5.82 Å². The molecule has 0 saturated heterocycles. The number of rotatable bonds is 2. The lowest BCUT2D eigenvalue weighted by Crippen LogP contribution is -2.17. The molecule has 1 unspecified atom stereocenters. The maximum atomic E-state index is 12.3. The number of pyridine rings is 1. The van der Waals surface area contributed by atoms with Gasteiger partial charge in [-0.25, -0.2) is 4.39 Å². The number of carbonyl (C=O) groups excluding carboxylic acids is 1.